The van der Waals surface area contributed by atoms with Crippen LogP contribution in [0.15, 0.2) is 36.4 Å². The standard InChI is InChI=1S/C13H7F3OS/c14-13(15,16)11-9(17)6-5-8-7-3-1-2-4-10(7)18-12(8)11/h1-6,17H. The van der Waals surface area contributed by atoms with Gasteiger partial charge in [-0.3, -0.25) is 0 Å². The van der Waals surface area contributed by atoms with Gasteiger partial charge in [0.25, 0.3) is 0 Å². The number of alkyl halides is 3. The molecular formula is C13H7F3OS. The zero-order chi connectivity index (χ0) is 12.9. The highest BCUT2D eigenvalue weighted by molar-refractivity contribution is 7.26. The molecule has 0 spiro atoms. The summed E-state index contributed by atoms with van der Waals surface area (Å²) in [5.74, 6) is -0.721. The molecule has 92 valence electrons. The van der Waals surface area contributed by atoms with Gasteiger partial charge in [-0.15, -0.1) is 11.3 Å². The lowest BCUT2D eigenvalue weighted by Crippen LogP contribution is -2.05. The molecule has 0 radical (unpaired) electrons. The fourth-order valence-electron chi connectivity index (χ4n) is 2.05. The van der Waals surface area contributed by atoms with E-state index in [2.05, 4.69) is 0 Å². The largest absolute Gasteiger partial charge is 0.507 e. The van der Waals surface area contributed by atoms with Crippen molar-refractivity contribution in [1.82, 2.24) is 0 Å². The summed E-state index contributed by atoms with van der Waals surface area (Å²) in [5.41, 5.74) is -0.943. The van der Waals surface area contributed by atoms with Crippen molar-refractivity contribution in [3.8, 4) is 5.75 Å². The van der Waals surface area contributed by atoms with Crippen LogP contribution in [0.3, 0.4) is 0 Å². The first-order chi connectivity index (χ1) is 8.48. The summed E-state index contributed by atoms with van der Waals surface area (Å²) in [7, 11) is 0. The van der Waals surface area contributed by atoms with E-state index in [4.69, 9.17) is 0 Å². The van der Waals surface area contributed by atoms with Gasteiger partial charge >= 0.3 is 6.18 Å². The molecule has 0 amide bonds. The van der Waals surface area contributed by atoms with Gasteiger partial charge < -0.3 is 5.11 Å². The Balaban J connectivity index is 2.52. The summed E-state index contributed by atoms with van der Waals surface area (Å²) in [6.45, 7) is 0. The van der Waals surface area contributed by atoms with E-state index in [-0.39, 0.29) is 4.70 Å². The van der Waals surface area contributed by atoms with E-state index in [1.165, 1.54) is 6.07 Å². The Bertz CT molecular complexity index is 743. The number of phenolic OH excluding ortho intramolecular Hbond substituents is 1. The Morgan fingerprint density at radius 3 is 2.39 bits per heavy atom. The molecule has 1 nitrogen and oxygen atoms in total. The normalized spacial score (nSPS) is 12.4. The molecule has 0 unspecified atom stereocenters. The monoisotopic (exact) mass is 268 g/mol. The molecule has 18 heavy (non-hydrogen) atoms. The molecule has 1 heterocycles. The first-order valence-electron chi connectivity index (χ1n) is 5.19. The molecule has 0 bridgehead atoms. The molecule has 1 aromatic heterocycles. The quantitative estimate of drug-likeness (QED) is 0.622. The van der Waals surface area contributed by atoms with E-state index in [1.807, 2.05) is 0 Å². The first kappa shape index (κ1) is 11.3. The van der Waals surface area contributed by atoms with Crippen LogP contribution in [0.5, 0.6) is 5.75 Å². The molecule has 3 rings (SSSR count). The van der Waals surface area contributed by atoms with Gasteiger partial charge in [-0.2, -0.15) is 13.2 Å². The van der Waals surface area contributed by atoms with Crippen molar-refractivity contribution in [2.24, 2.45) is 0 Å². The molecule has 0 fully saturated rings. The van der Waals surface area contributed by atoms with Crippen LogP contribution >= 0.6 is 11.3 Å². The summed E-state index contributed by atoms with van der Waals surface area (Å²) in [4.78, 5) is 0. The van der Waals surface area contributed by atoms with Crippen molar-refractivity contribution in [3.63, 3.8) is 0 Å². The lowest BCUT2D eigenvalue weighted by molar-refractivity contribution is -0.137. The second-order valence-electron chi connectivity index (χ2n) is 3.93. The second kappa shape index (κ2) is 3.62. The van der Waals surface area contributed by atoms with Crippen LogP contribution in [-0.2, 0) is 6.18 Å². The minimum absolute atomic E-state index is 0.0868. The third-order valence-corrected chi connectivity index (χ3v) is 4.01. The fraction of sp³-hybridized carbons (Fsp3) is 0.0769. The van der Waals surface area contributed by atoms with Crippen molar-refractivity contribution < 1.29 is 18.3 Å². The fourth-order valence-corrected chi connectivity index (χ4v) is 3.32. The van der Waals surface area contributed by atoms with Crippen molar-refractivity contribution in [1.29, 1.82) is 0 Å². The Kier molecular flexibility index (Phi) is 2.28. The summed E-state index contributed by atoms with van der Waals surface area (Å²) < 4.78 is 39.7. The molecule has 3 aromatic rings. The van der Waals surface area contributed by atoms with Gasteiger partial charge in [0.15, 0.2) is 0 Å². The van der Waals surface area contributed by atoms with Gasteiger partial charge in [-0.05, 0) is 18.2 Å². The Hall–Kier alpha value is -1.75. The number of rotatable bonds is 0. The van der Waals surface area contributed by atoms with E-state index in [9.17, 15) is 18.3 Å². The highest BCUT2D eigenvalue weighted by Gasteiger charge is 2.36. The van der Waals surface area contributed by atoms with E-state index in [0.717, 1.165) is 27.5 Å². The highest BCUT2D eigenvalue weighted by atomic mass is 32.1. The molecule has 5 heteroatoms. The molecule has 0 saturated carbocycles. The number of aromatic hydroxyl groups is 1. The topological polar surface area (TPSA) is 20.2 Å². The zero-order valence-corrected chi connectivity index (χ0v) is 9.77. The van der Waals surface area contributed by atoms with Gasteiger partial charge in [0, 0.05) is 15.5 Å². The molecule has 0 aliphatic carbocycles. The summed E-state index contributed by atoms with van der Waals surface area (Å²) >= 11 is 1.05. The third kappa shape index (κ3) is 1.54. The maximum absolute atomic E-state index is 13.0. The maximum atomic E-state index is 13.0. The van der Waals surface area contributed by atoms with E-state index >= 15 is 0 Å². The summed E-state index contributed by atoms with van der Waals surface area (Å²) in [5, 5.41) is 10.8. The van der Waals surface area contributed by atoms with Gasteiger partial charge in [-0.25, -0.2) is 0 Å². The molecule has 0 aliphatic heterocycles. The number of hydrogen-bond donors (Lipinski definition) is 1. The Morgan fingerprint density at radius 2 is 1.67 bits per heavy atom. The van der Waals surface area contributed by atoms with E-state index in [0.29, 0.717) is 5.39 Å². The average molecular weight is 268 g/mol. The van der Waals surface area contributed by atoms with Crippen LogP contribution < -0.4 is 0 Å². The van der Waals surface area contributed by atoms with Crippen LogP contribution in [0, 0.1) is 0 Å². The molecule has 2 aromatic carbocycles. The molecule has 0 saturated heterocycles. The molecule has 0 aliphatic rings. The predicted molar refractivity (Wildman–Crippen MR) is 66.0 cm³/mol. The van der Waals surface area contributed by atoms with Crippen molar-refractivity contribution in [2.75, 3.05) is 0 Å². The van der Waals surface area contributed by atoms with Gasteiger partial charge in [0.05, 0.1) is 4.70 Å². The van der Waals surface area contributed by atoms with Crippen LogP contribution in [0.4, 0.5) is 13.2 Å². The SMILES string of the molecule is Oc1ccc2c(sc3ccccc32)c1C(F)(F)F. The van der Waals surface area contributed by atoms with Crippen LogP contribution in [0.1, 0.15) is 5.56 Å². The van der Waals surface area contributed by atoms with Crippen LogP contribution in [0.2, 0.25) is 0 Å². The second-order valence-corrected chi connectivity index (χ2v) is 4.98. The lowest BCUT2D eigenvalue weighted by Gasteiger charge is -2.09. The lowest BCUT2D eigenvalue weighted by atomic mass is 10.1. The van der Waals surface area contributed by atoms with E-state index < -0.39 is 17.5 Å². The highest BCUT2D eigenvalue weighted by Crippen LogP contribution is 2.45. The van der Waals surface area contributed by atoms with Gasteiger partial charge in [0.2, 0.25) is 0 Å². The minimum atomic E-state index is -4.55. The zero-order valence-electron chi connectivity index (χ0n) is 8.95. The van der Waals surface area contributed by atoms with Gasteiger partial charge in [0.1, 0.15) is 11.3 Å². The maximum Gasteiger partial charge on any atom is 0.421 e. The van der Waals surface area contributed by atoms with Crippen molar-refractivity contribution in [3.05, 3.63) is 42.0 Å². The van der Waals surface area contributed by atoms with Crippen LogP contribution in [-0.4, -0.2) is 5.11 Å². The minimum Gasteiger partial charge on any atom is -0.507 e. The smallest absolute Gasteiger partial charge is 0.421 e. The Morgan fingerprint density at radius 1 is 0.944 bits per heavy atom. The Labute approximate surface area is 104 Å². The number of phenols is 1. The average Bonchev–Trinajstić information content (AvgIpc) is 2.64. The van der Waals surface area contributed by atoms with Crippen molar-refractivity contribution >= 4 is 31.5 Å². The van der Waals surface area contributed by atoms with Gasteiger partial charge in [-0.1, -0.05) is 18.2 Å². The predicted octanol–water partition coefficient (Wildman–Crippen LogP) is 4.78. The number of benzene rings is 2. The molecule has 0 atom stereocenters. The number of fused-ring (bicyclic) bond motifs is 3. The number of hydrogen-bond acceptors (Lipinski definition) is 2. The van der Waals surface area contributed by atoms with Crippen LogP contribution in [0.25, 0.3) is 20.2 Å². The van der Waals surface area contributed by atoms with E-state index in [1.54, 1.807) is 24.3 Å². The summed E-state index contributed by atoms with van der Waals surface area (Å²) in [6, 6.07) is 9.76. The molecule has 1 N–H and O–H groups in total. The number of thiophene rings is 1. The molecular weight excluding hydrogens is 261 g/mol. The third-order valence-electron chi connectivity index (χ3n) is 2.81. The summed E-state index contributed by atoms with van der Waals surface area (Å²) in [6.07, 6.45) is -4.55. The van der Waals surface area contributed by atoms with Crippen molar-refractivity contribution in [2.45, 2.75) is 6.18 Å². The first-order valence-corrected chi connectivity index (χ1v) is 6.00. The number of halogens is 3.